The summed E-state index contributed by atoms with van der Waals surface area (Å²) in [5.41, 5.74) is 4.99. The zero-order chi connectivity index (χ0) is 17.9. The number of para-hydroxylation sites is 3. The van der Waals surface area contributed by atoms with E-state index in [2.05, 4.69) is 34.7 Å². The third kappa shape index (κ3) is 2.02. The van der Waals surface area contributed by atoms with E-state index >= 15 is 0 Å². The monoisotopic (exact) mass is 360 g/mol. The molecule has 3 aromatic carbocycles. The molecule has 0 saturated carbocycles. The van der Waals surface area contributed by atoms with Gasteiger partial charge in [-0.2, -0.15) is 3.89 Å². The molecule has 2 aromatic heterocycles. The molecule has 4 heteroatoms. The van der Waals surface area contributed by atoms with E-state index in [1.165, 1.54) is 0 Å². The van der Waals surface area contributed by atoms with Gasteiger partial charge in [-0.3, -0.25) is 4.40 Å². The average molecular weight is 360 g/mol. The van der Waals surface area contributed by atoms with Gasteiger partial charge in [0, 0.05) is 10.8 Å². The first-order valence-corrected chi connectivity index (χ1v) is 9.34. The Morgan fingerprint density at radius 1 is 0.846 bits per heavy atom. The van der Waals surface area contributed by atoms with Crippen LogP contribution < -0.4 is 0 Å². The largest absolute Gasteiger partial charge is 0.292 e. The number of halogens is 1. The van der Waals surface area contributed by atoms with E-state index in [1.54, 1.807) is 0 Å². The number of benzene rings is 3. The zero-order valence-corrected chi connectivity index (χ0v) is 15.3. The summed E-state index contributed by atoms with van der Waals surface area (Å²) in [6.07, 6.45) is 0. The van der Waals surface area contributed by atoms with Gasteiger partial charge in [0.1, 0.15) is 5.65 Å². The number of aromatic nitrogens is 2. The molecular formula is C22H17FN2S. The van der Waals surface area contributed by atoms with Crippen molar-refractivity contribution in [3.63, 3.8) is 0 Å². The lowest BCUT2D eigenvalue weighted by Gasteiger charge is -2.22. The quantitative estimate of drug-likeness (QED) is 0.328. The van der Waals surface area contributed by atoms with Crippen LogP contribution in [0.1, 0.15) is 19.4 Å². The van der Waals surface area contributed by atoms with Gasteiger partial charge in [-0.05, 0) is 43.0 Å². The highest BCUT2D eigenvalue weighted by molar-refractivity contribution is 7.95. The van der Waals surface area contributed by atoms with E-state index in [4.69, 9.17) is 4.98 Å². The summed E-state index contributed by atoms with van der Waals surface area (Å²) in [4.78, 5) is 4.93. The first kappa shape index (κ1) is 15.6. The van der Waals surface area contributed by atoms with Gasteiger partial charge < -0.3 is 0 Å². The van der Waals surface area contributed by atoms with Crippen LogP contribution >= 0.6 is 12.1 Å². The summed E-state index contributed by atoms with van der Waals surface area (Å²) in [5.74, 6) is 0. The highest BCUT2D eigenvalue weighted by Gasteiger charge is 2.27. The molecule has 0 bridgehead atoms. The van der Waals surface area contributed by atoms with Crippen LogP contribution in [0.4, 0.5) is 3.89 Å². The Bertz CT molecular complexity index is 1300. The molecule has 0 unspecified atom stereocenters. The second kappa shape index (κ2) is 5.45. The number of hydrogen-bond donors (Lipinski definition) is 0. The Balaban J connectivity index is 2.16. The molecule has 128 valence electrons. The third-order valence-corrected chi connectivity index (χ3v) is 5.73. The average Bonchev–Trinajstić information content (AvgIpc) is 3.07. The van der Waals surface area contributed by atoms with Crippen LogP contribution in [0.15, 0.2) is 66.7 Å². The van der Waals surface area contributed by atoms with Gasteiger partial charge in [-0.25, -0.2) is 4.98 Å². The topological polar surface area (TPSA) is 17.3 Å². The minimum Gasteiger partial charge on any atom is -0.292 e. The van der Waals surface area contributed by atoms with Crippen molar-refractivity contribution in [3.05, 3.63) is 72.3 Å². The highest BCUT2D eigenvalue weighted by atomic mass is 32.2. The van der Waals surface area contributed by atoms with Gasteiger partial charge in [0.15, 0.2) is 0 Å². The Morgan fingerprint density at radius 2 is 1.54 bits per heavy atom. The molecule has 0 aliphatic carbocycles. The van der Waals surface area contributed by atoms with E-state index in [0.717, 1.165) is 43.9 Å². The van der Waals surface area contributed by atoms with Gasteiger partial charge in [-0.1, -0.05) is 48.5 Å². The van der Waals surface area contributed by atoms with Crippen molar-refractivity contribution in [2.75, 3.05) is 0 Å². The van der Waals surface area contributed by atoms with Crippen molar-refractivity contribution in [1.29, 1.82) is 0 Å². The molecule has 0 radical (unpaired) electrons. The lowest BCUT2D eigenvalue weighted by atomic mass is 9.94. The van der Waals surface area contributed by atoms with Crippen molar-refractivity contribution in [2.24, 2.45) is 0 Å². The summed E-state index contributed by atoms with van der Waals surface area (Å²) >= 11 is 0.379. The van der Waals surface area contributed by atoms with Crippen LogP contribution in [0.3, 0.4) is 0 Å². The maximum atomic E-state index is 13.8. The number of imidazole rings is 1. The fourth-order valence-electron chi connectivity index (χ4n) is 3.89. The normalized spacial score (nSPS) is 12.6. The number of hydrogen-bond acceptors (Lipinski definition) is 2. The van der Waals surface area contributed by atoms with Crippen LogP contribution in [0.5, 0.6) is 0 Å². The predicted octanol–water partition coefficient (Wildman–Crippen LogP) is 6.65. The third-order valence-electron chi connectivity index (χ3n) is 5.13. The maximum absolute atomic E-state index is 13.8. The summed E-state index contributed by atoms with van der Waals surface area (Å²) < 4.78 is 15.3. The molecule has 0 saturated heterocycles. The number of rotatable bonds is 2. The van der Waals surface area contributed by atoms with Crippen molar-refractivity contribution >= 4 is 50.5 Å². The molecule has 5 rings (SSSR count). The fraction of sp³-hybridized carbons (Fsp3) is 0.136. The SMILES string of the molecule is CC(C)(SF)c1cccc2c3ccccc3n3c4ccccc4nc3c12. The fourth-order valence-corrected chi connectivity index (χ4v) is 4.15. The summed E-state index contributed by atoms with van der Waals surface area (Å²) in [7, 11) is 0. The van der Waals surface area contributed by atoms with Crippen LogP contribution in [0, 0.1) is 0 Å². The van der Waals surface area contributed by atoms with Crippen LogP contribution in [0.25, 0.3) is 38.4 Å². The molecule has 2 nitrogen and oxygen atoms in total. The second-order valence-corrected chi connectivity index (χ2v) is 8.27. The van der Waals surface area contributed by atoms with E-state index in [9.17, 15) is 3.89 Å². The van der Waals surface area contributed by atoms with Gasteiger partial charge in [0.05, 0.1) is 33.4 Å². The van der Waals surface area contributed by atoms with E-state index in [1.807, 2.05) is 50.2 Å². The molecule has 0 aliphatic rings. The Morgan fingerprint density at radius 3 is 2.35 bits per heavy atom. The zero-order valence-electron chi connectivity index (χ0n) is 14.5. The molecule has 26 heavy (non-hydrogen) atoms. The van der Waals surface area contributed by atoms with Gasteiger partial charge >= 0.3 is 0 Å². The van der Waals surface area contributed by atoms with Gasteiger partial charge in [0.25, 0.3) is 0 Å². The Hall–Kier alpha value is -2.59. The lowest BCUT2D eigenvalue weighted by molar-refractivity contribution is 0.748. The second-order valence-electron chi connectivity index (χ2n) is 7.09. The number of pyridine rings is 1. The van der Waals surface area contributed by atoms with E-state index < -0.39 is 4.75 Å². The minimum absolute atomic E-state index is 0.379. The molecule has 5 aromatic rings. The minimum atomic E-state index is -0.652. The molecule has 0 N–H and O–H groups in total. The Kier molecular flexibility index (Phi) is 3.28. The van der Waals surface area contributed by atoms with Gasteiger partial charge in [0.2, 0.25) is 0 Å². The standard InChI is InChI=1S/C22H17FN2S/c1-22(2,26-23)16-10-7-9-15-14-8-3-5-12-18(14)25-19-13-6-4-11-17(19)24-21(25)20(15)16/h3-13H,1-2H3. The van der Waals surface area contributed by atoms with Crippen molar-refractivity contribution < 1.29 is 3.89 Å². The molecule has 2 heterocycles. The van der Waals surface area contributed by atoms with E-state index in [-0.39, 0.29) is 0 Å². The van der Waals surface area contributed by atoms with Crippen molar-refractivity contribution in [1.82, 2.24) is 9.38 Å². The smallest absolute Gasteiger partial charge is 0.146 e. The molecule has 0 spiro atoms. The summed E-state index contributed by atoms with van der Waals surface area (Å²) in [6, 6.07) is 22.6. The molecule has 0 amide bonds. The molecule has 0 fully saturated rings. The first-order valence-electron chi connectivity index (χ1n) is 8.63. The summed E-state index contributed by atoms with van der Waals surface area (Å²) in [6.45, 7) is 3.83. The Labute approximate surface area is 154 Å². The number of fused-ring (bicyclic) bond motifs is 8. The highest BCUT2D eigenvalue weighted by Crippen LogP contribution is 2.43. The molecule has 0 aliphatic heterocycles. The van der Waals surface area contributed by atoms with E-state index in [0.29, 0.717) is 12.1 Å². The molecule has 0 atom stereocenters. The lowest BCUT2D eigenvalue weighted by Crippen LogP contribution is -2.11. The van der Waals surface area contributed by atoms with Crippen LogP contribution in [-0.2, 0) is 4.75 Å². The maximum Gasteiger partial charge on any atom is 0.146 e. The van der Waals surface area contributed by atoms with Crippen molar-refractivity contribution in [2.45, 2.75) is 18.6 Å². The van der Waals surface area contributed by atoms with Crippen molar-refractivity contribution in [3.8, 4) is 0 Å². The van der Waals surface area contributed by atoms with Crippen LogP contribution in [-0.4, -0.2) is 9.38 Å². The first-order chi connectivity index (χ1) is 12.6. The predicted molar refractivity (Wildman–Crippen MR) is 109 cm³/mol. The van der Waals surface area contributed by atoms with Gasteiger partial charge in [-0.15, -0.1) is 0 Å². The summed E-state index contributed by atoms with van der Waals surface area (Å²) in [5, 5.41) is 3.29. The molecular weight excluding hydrogens is 343 g/mol. The van der Waals surface area contributed by atoms with Crippen LogP contribution in [0.2, 0.25) is 0 Å². The number of nitrogens with zero attached hydrogens (tertiary/aromatic N) is 2.